The number of aromatic nitrogens is 1. The number of ether oxygens (including phenoxy) is 1. The molecule has 0 saturated carbocycles. The van der Waals surface area contributed by atoms with Crippen molar-refractivity contribution >= 4 is 35.1 Å². The zero-order valence-electron chi connectivity index (χ0n) is 16.1. The summed E-state index contributed by atoms with van der Waals surface area (Å²) in [5.41, 5.74) is 0.562. The van der Waals surface area contributed by atoms with Crippen molar-refractivity contribution in [2.45, 2.75) is 19.0 Å². The second-order valence-electron chi connectivity index (χ2n) is 6.98. The van der Waals surface area contributed by atoms with Crippen molar-refractivity contribution in [2.24, 2.45) is 0 Å². The van der Waals surface area contributed by atoms with Gasteiger partial charge >= 0.3 is 6.03 Å². The summed E-state index contributed by atoms with van der Waals surface area (Å²) in [6.45, 7) is 1.54. The number of urea groups is 1. The van der Waals surface area contributed by atoms with E-state index < -0.39 is 17.5 Å². The second kappa shape index (κ2) is 7.66. The molecule has 0 spiro atoms. The van der Waals surface area contributed by atoms with Crippen LogP contribution < -0.4 is 10.1 Å². The molecule has 1 atom stereocenters. The van der Waals surface area contributed by atoms with Crippen LogP contribution in [0.5, 0.6) is 5.75 Å². The monoisotopic (exact) mass is 445 g/mol. The third kappa shape index (κ3) is 3.51. The molecule has 2 aromatic carbocycles. The summed E-state index contributed by atoms with van der Waals surface area (Å²) in [5, 5.41) is 7.48. The van der Waals surface area contributed by atoms with E-state index in [0.717, 1.165) is 16.2 Å². The van der Waals surface area contributed by atoms with Crippen LogP contribution in [0.3, 0.4) is 0 Å². The second-order valence-corrected chi connectivity index (χ2v) is 7.82. The summed E-state index contributed by atoms with van der Waals surface area (Å²) >= 11 is 12.2. The minimum Gasteiger partial charge on any atom is -0.497 e. The zero-order chi connectivity index (χ0) is 21.5. The van der Waals surface area contributed by atoms with Gasteiger partial charge in [0, 0.05) is 27.2 Å². The van der Waals surface area contributed by atoms with Crippen molar-refractivity contribution in [1.82, 2.24) is 15.4 Å². The first-order chi connectivity index (χ1) is 14.3. The summed E-state index contributed by atoms with van der Waals surface area (Å²) in [4.78, 5) is 26.7. The van der Waals surface area contributed by atoms with Crippen molar-refractivity contribution in [2.75, 3.05) is 7.11 Å². The third-order valence-corrected chi connectivity index (χ3v) is 5.55. The molecule has 1 aliphatic heterocycles. The third-order valence-electron chi connectivity index (χ3n) is 5.00. The molecule has 154 valence electrons. The van der Waals surface area contributed by atoms with Crippen LogP contribution in [-0.4, -0.2) is 29.1 Å². The Hall–Kier alpha value is -3.03. The molecule has 1 fully saturated rings. The van der Waals surface area contributed by atoms with Crippen LogP contribution in [0, 0.1) is 0 Å². The van der Waals surface area contributed by atoms with Crippen LogP contribution in [0.4, 0.5) is 4.79 Å². The molecular formula is C21H17Cl2N3O4. The van der Waals surface area contributed by atoms with Gasteiger partial charge in [0.15, 0.2) is 5.76 Å². The van der Waals surface area contributed by atoms with E-state index in [1.54, 1.807) is 32.2 Å². The number of nitrogens with zero attached hydrogens (tertiary/aromatic N) is 2. The number of hydrogen-bond acceptors (Lipinski definition) is 5. The number of carbonyl (C=O) groups is 2. The van der Waals surface area contributed by atoms with Crippen molar-refractivity contribution in [1.29, 1.82) is 0 Å². The van der Waals surface area contributed by atoms with Gasteiger partial charge in [0.1, 0.15) is 17.0 Å². The normalized spacial score (nSPS) is 18.6. The number of rotatable bonds is 5. The smallest absolute Gasteiger partial charge is 0.325 e. The number of halogens is 2. The number of hydrogen-bond donors (Lipinski definition) is 1. The van der Waals surface area contributed by atoms with Crippen molar-refractivity contribution in [3.63, 3.8) is 0 Å². The summed E-state index contributed by atoms with van der Waals surface area (Å²) in [6.07, 6.45) is 0. The van der Waals surface area contributed by atoms with Crippen LogP contribution in [0.2, 0.25) is 10.0 Å². The minimum absolute atomic E-state index is 0.0609. The summed E-state index contributed by atoms with van der Waals surface area (Å²) in [7, 11) is 1.59. The molecule has 3 aromatic rings. The fourth-order valence-electron chi connectivity index (χ4n) is 3.36. The maximum absolute atomic E-state index is 13.1. The van der Waals surface area contributed by atoms with Crippen LogP contribution in [0.25, 0.3) is 11.3 Å². The number of benzene rings is 2. The first kappa shape index (κ1) is 20.3. The van der Waals surface area contributed by atoms with E-state index in [0.29, 0.717) is 27.1 Å². The fourth-order valence-corrected chi connectivity index (χ4v) is 3.96. The quantitative estimate of drug-likeness (QED) is 0.578. The van der Waals surface area contributed by atoms with Gasteiger partial charge in [-0.3, -0.25) is 9.69 Å². The highest BCUT2D eigenvalue weighted by atomic mass is 35.5. The van der Waals surface area contributed by atoms with E-state index in [1.807, 2.05) is 24.3 Å². The first-order valence-corrected chi connectivity index (χ1v) is 9.77. The number of nitrogens with one attached hydrogen (secondary N) is 1. The Morgan fingerprint density at radius 2 is 1.87 bits per heavy atom. The molecule has 2 heterocycles. The molecule has 1 unspecified atom stereocenters. The number of imide groups is 1. The maximum Gasteiger partial charge on any atom is 0.325 e. The average molecular weight is 446 g/mol. The lowest BCUT2D eigenvalue weighted by molar-refractivity contribution is -0.131. The molecule has 30 heavy (non-hydrogen) atoms. The van der Waals surface area contributed by atoms with E-state index in [4.69, 9.17) is 32.5 Å². The number of amides is 3. The highest BCUT2D eigenvalue weighted by molar-refractivity contribution is 6.35. The summed E-state index contributed by atoms with van der Waals surface area (Å²) in [5.74, 6) is 0.650. The molecule has 9 heteroatoms. The van der Waals surface area contributed by atoms with Gasteiger partial charge < -0.3 is 14.6 Å². The lowest BCUT2D eigenvalue weighted by atomic mass is 9.92. The van der Waals surface area contributed by atoms with Gasteiger partial charge in [-0.1, -0.05) is 34.4 Å². The molecule has 1 aromatic heterocycles. The SMILES string of the molecule is COc1ccc(-c2cc(CN3C(=O)NC(C)(c4ccc(Cl)cc4Cl)C3=O)on2)cc1. The molecule has 7 nitrogen and oxygen atoms in total. The Morgan fingerprint density at radius 1 is 1.13 bits per heavy atom. The van der Waals surface area contributed by atoms with Gasteiger partial charge in [0.25, 0.3) is 5.91 Å². The van der Waals surface area contributed by atoms with E-state index in [1.165, 1.54) is 6.07 Å². The largest absolute Gasteiger partial charge is 0.497 e. The molecule has 0 radical (unpaired) electrons. The Labute approximate surface area is 182 Å². The van der Waals surface area contributed by atoms with E-state index >= 15 is 0 Å². The van der Waals surface area contributed by atoms with Crippen molar-refractivity contribution < 1.29 is 18.8 Å². The molecule has 1 N–H and O–H groups in total. The van der Waals surface area contributed by atoms with Gasteiger partial charge in [-0.25, -0.2) is 4.79 Å². The average Bonchev–Trinajstić information content (AvgIpc) is 3.27. The molecule has 1 saturated heterocycles. The lowest BCUT2D eigenvalue weighted by Crippen LogP contribution is -2.41. The molecule has 3 amide bonds. The first-order valence-electron chi connectivity index (χ1n) is 9.01. The van der Waals surface area contributed by atoms with E-state index in [9.17, 15) is 9.59 Å². The van der Waals surface area contributed by atoms with Crippen LogP contribution >= 0.6 is 23.2 Å². The fraction of sp³-hybridized carbons (Fsp3) is 0.190. The molecule has 4 rings (SSSR count). The Bertz CT molecular complexity index is 1130. The molecular weight excluding hydrogens is 429 g/mol. The maximum atomic E-state index is 13.1. The number of methoxy groups -OCH3 is 1. The Balaban J connectivity index is 1.56. The van der Waals surface area contributed by atoms with Gasteiger partial charge in [-0.05, 0) is 43.3 Å². The van der Waals surface area contributed by atoms with Crippen LogP contribution in [0.1, 0.15) is 18.2 Å². The topological polar surface area (TPSA) is 84.7 Å². The van der Waals surface area contributed by atoms with Crippen LogP contribution in [-0.2, 0) is 16.9 Å². The van der Waals surface area contributed by atoms with E-state index in [2.05, 4.69) is 10.5 Å². The molecule has 0 bridgehead atoms. The predicted octanol–water partition coefficient (Wildman–Crippen LogP) is 4.62. The summed E-state index contributed by atoms with van der Waals surface area (Å²) in [6, 6.07) is 13.2. The minimum atomic E-state index is -1.31. The number of carbonyl (C=O) groups excluding carboxylic acids is 2. The van der Waals surface area contributed by atoms with Gasteiger partial charge in [0.05, 0.1) is 13.7 Å². The van der Waals surface area contributed by atoms with Crippen molar-refractivity contribution in [3.05, 3.63) is 69.9 Å². The molecule has 0 aliphatic carbocycles. The van der Waals surface area contributed by atoms with Gasteiger partial charge in [-0.15, -0.1) is 0 Å². The highest BCUT2D eigenvalue weighted by Gasteiger charge is 2.50. The predicted molar refractivity (Wildman–Crippen MR) is 111 cm³/mol. The Kier molecular flexibility index (Phi) is 5.17. The van der Waals surface area contributed by atoms with Gasteiger partial charge in [-0.2, -0.15) is 0 Å². The standard InChI is InChI=1S/C21H17Cl2N3O4/c1-21(16-8-5-13(22)9-17(16)23)19(27)26(20(28)24-21)11-15-10-18(25-30-15)12-3-6-14(29-2)7-4-12/h3-10H,11H2,1-2H3,(H,24,28). The van der Waals surface area contributed by atoms with Crippen molar-refractivity contribution in [3.8, 4) is 17.0 Å². The van der Waals surface area contributed by atoms with Gasteiger partial charge in [0.2, 0.25) is 0 Å². The van der Waals surface area contributed by atoms with Crippen LogP contribution in [0.15, 0.2) is 53.1 Å². The molecule has 1 aliphatic rings. The summed E-state index contributed by atoms with van der Waals surface area (Å²) < 4.78 is 10.5. The lowest BCUT2D eigenvalue weighted by Gasteiger charge is -2.23. The van der Waals surface area contributed by atoms with E-state index in [-0.39, 0.29) is 6.54 Å². The zero-order valence-corrected chi connectivity index (χ0v) is 17.6. The Morgan fingerprint density at radius 3 is 2.53 bits per heavy atom. The highest BCUT2D eigenvalue weighted by Crippen LogP contribution is 2.35.